The average molecular weight is 275 g/mol. The predicted octanol–water partition coefficient (Wildman–Crippen LogP) is 2.20. The molecular formula is C16H25N3O. The second kappa shape index (κ2) is 6.37. The van der Waals surface area contributed by atoms with E-state index in [1.165, 1.54) is 6.42 Å². The zero-order chi connectivity index (χ0) is 14.7. The molecule has 3 N–H and O–H groups in total. The molecule has 1 aliphatic heterocycles. The van der Waals surface area contributed by atoms with E-state index in [0.717, 1.165) is 17.8 Å². The summed E-state index contributed by atoms with van der Waals surface area (Å²) >= 11 is 0. The Morgan fingerprint density at radius 1 is 1.40 bits per heavy atom. The number of benzene rings is 1. The summed E-state index contributed by atoms with van der Waals surface area (Å²) < 4.78 is 0. The zero-order valence-corrected chi connectivity index (χ0v) is 12.6. The van der Waals surface area contributed by atoms with Crippen molar-refractivity contribution in [3.8, 4) is 0 Å². The van der Waals surface area contributed by atoms with Gasteiger partial charge in [-0.05, 0) is 43.9 Å². The van der Waals surface area contributed by atoms with Gasteiger partial charge in [0.1, 0.15) is 0 Å². The highest BCUT2D eigenvalue weighted by atomic mass is 16.2. The number of nitrogens with one attached hydrogen (secondary N) is 1. The van der Waals surface area contributed by atoms with Crippen LogP contribution in [0.4, 0.5) is 5.69 Å². The van der Waals surface area contributed by atoms with E-state index in [1.54, 1.807) is 0 Å². The van der Waals surface area contributed by atoms with E-state index in [1.807, 2.05) is 31.2 Å². The van der Waals surface area contributed by atoms with Gasteiger partial charge in [0.2, 0.25) is 5.91 Å². The summed E-state index contributed by atoms with van der Waals surface area (Å²) in [7, 11) is 0. The van der Waals surface area contributed by atoms with Crippen LogP contribution >= 0.6 is 0 Å². The van der Waals surface area contributed by atoms with Crippen LogP contribution in [0.3, 0.4) is 0 Å². The lowest BCUT2D eigenvalue weighted by molar-refractivity contribution is -0.121. The van der Waals surface area contributed by atoms with Gasteiger partial charge in [-0.1, -0.05) is 19.1 Å². The van der Waals surface area contributed by atoms with Crippen molar-refractivity contribution in [2.45, 2.75) is 45.8 Å². The van der Waals surface area contributed by atoms with Crippen molar-refractivity contribution in [1.82, 2.24) is 4.90 Å². The summed E-state index contributed by atoms with van der Waals surface area (Å²) in [6.07, 6.45) is 1.17. The molecule has 110 valence electrons. The molecule has 0 aliphatic carbocycles. The average Bonchev–Trinajstić information content (AvgIpc) is 2.77. The lowest BCUT2D eigenvalue weighted by atomic mass is 10.1. The molecule has 1 aliphatic rings. The molecule has 1 amide bonds. The summed E-state index contributed by atoms with van der Waals surface area (Å²) in [4.78, 5) is 14.6. The number of likely N-dealkylation sites (tertiary alicyclic amines) is 1. The number of nitrogens with two attached hydrogens (primary N) is 1. The fourth-order valence-electron chi connectivity index (χ4n) is 2.99. The van der Waals surface area contributed by atoms with Crippen LogP contribution in [0.5, 0.6) is 0 Å². The molecule has 1 saturated heterocycles. The van der Waals surface area contributed by atoms with Gasteiger partial charge in [0.05, 0.1) is 6.04 Å². The second-order valence-electron chi connectivity index (χ2n) is 5.95. The van der Waals surface area contributed by atoms with Crippen molar-refractivity contribution in [2.24, 2.45) is 11.7 Å². The van der Waals surface area contributed by atoms with Crippen molar-refractivity contribution in [3.63, 3.8) is 0 Å². The van der Waals surface area contributed by atoms with E-state index >= 15 is 0 Å². The second-order valence-corrected chi connectivity index (χ2v) is 5.95. The Morgan fingerprint density at radius 3 is 2.55 bits per heavy atom. The van der Waals surface area contributed by atoms with E-state index in [0.29, 0.717) is 18.5 Å². The third-order valence-corrected chi connectivity index (χ3v) is 4.17. The maximum absolute atomic E-state index is 12.3. The number of anilines is 1. The van der Waals surface area contributed by atoms with Crippen LogP contribution in [0.1, 0.15) is 32.8 Å². The summed E-state index contributed by atoms with van der Waals surface area (Å²) in [5.41, 5.74) is 7.47. The third kappa shape index (κ3) is 3.38. The molecule has 0 aromatic heterocycles. The maximum atomic E-state index is 12.3. The number of hydrogen-bond donors (Lipinski definition) is 2. The molecule has 1 heterocycles. The highest BCUT2D eigenvalue weighted by Gasteiger charge is 2.32. The molecule has 4 heteroatoms. The zero-order valence-electron chi connectivity index (χ0n) is 12.6. The van der Waals surface area contributed by atoms with Crippen molar-refractivity contribution in [3.05, 3.63) is 29.8 Å². The van der Waals surface area contributed by atoms with Gasteiger partial charge in [0, 0.05) is 24.8 Å². The topological polar surface area (TPSA) is 58.4 Å². The van der Waals surface area contributed by atoms with E-state index in [2.05, 4.69) is 24.1 Å². The Kier molecular flexibility index (Phi) is 4.78. The molecule has 3 unspecified atom stereocenters. The molecule has 2 rings (SSSR count). The van der Waals surface area contributed by atoms with E-state index in [-0.39, 0.29) is 11.9 Å². The smallest absolute Gasteiger partial charge is 0.241 e. The van der Waals surface area contributed by atoms with Crippen LogP contribution < -0.4 is 11.1 Å². The number of carbonyl (C=O) groups excluding carboxylic acids is 1. The fourth-order valence-corrected chi connectivity index (χ4v) is 2.99. The minimum absolute atomic E-state index is 0.0615. The molecular weight excluding hydrogens is 250 g/mol. The van der Waals surface area contributed by atoms with Crippen molar-refractivity contribution < 1.29 is 4.79 Å². The quantitative estimate of drug-likeness (QED) is 0.885. The first-order valence-corrected chi connectivity index (χ1v) is 7.37. The Bertz CT molecular complexity index is 457. The first kappa shape index (κ1) is 15.0. The summed E-state index contributed by atoms with van der Waals surface area (Å²) in [5, 5.41) is 2.98. The van der Waals surface area contributed by atoms with Gasteiger partial charge < -0.3 is 11.1 Å². The van der Waals surface area contributed by atoms with Gasteiger partial charge in [-0.3, -0.25) is 9.69 Å². The van der Waals surface area contributed by atoms with Crippen LogP contribution in [0.25, 0.3) is 0 Å². The number of rotatable bonds is 4. The Hall–Kier alpha value is -1.39. The highest BCUT2D eigenvalue weighted by molar-refractivity contribution is 5.94. The SMILES string of the molecule is CC1CC(C)N(C(C)C(=O)Nc2ccc(CN)cc2)C1. The summed E-state index contributed by atoms with van der Waals surface area (Å²) in [6.45, 7) is 7.95. The molecule has 1 aromatic rings. The molecule has 4 nitrogen and oxygen atoms in total. The van der Waals surface area contributed by atoms with Crippen LogP contribution in [0.2, 0.25) is 0 Å². The van der Waals surface area contributed by atoms with Crippen LogP contribution in [-0.2, 0) is 11.3 Å². The Balaban J connectivity index is 1.96. The Labute approximate surface area is 121 Å². The van der Waals surface area contributed by atoms with Gasteiger partial charge in [0.25, 0.3) is 0 Å². The number of nitrogens with zero attached hydrogens (tertiary/aromatic N) is 1. The van der Waals surface area contributed by atoms with Gasteiger partial charge in [0.15, 0.2) is 0 Å². The van der Waals surface area contributed by atoms with Gasteiger partial charge >= 0.3 is 0 Å². The molecule has 3 atom stereocenters. The molecule has 20 heavy (non-hydrogen) atoms. The van der Waals surface area contributed by atoms with E-state index < -0.39 is 0 Å². The monoisotopic (exact) mass is 275 g/mol. The summed E-state index contributed by atoms with van der Waals surface area (Å²) in [5.74, 6) is 0.732. The lowest BCUT2D eigenvalue weighted by Crippen LogP contribution is -2.43. The molecule has 0 radical (unpaired) electrons. The standard InChI is InChI=1S/C16H25N3O/c1-11-8-12(2)19(10-11)13(3)16(20)18-15-6-4-14(9-17)5-7-15/h4-7,11-13H,8-10,17H2,1-3H3,(H,18,20). The maximum Gasteiger partial charge on any atom is 0.241 e. The third-order valence-electron chi connectivity index (χ3n) is 4.17. The molecule has 0 spiro atoms. The molecule has 0 bridgehead atoms. The van der Waals surface area contributed by atoms with Gasteiger partial charge in [-0.25, -0.2) is 0 Å². The van der Waals surface area contributed by atoms with Crippen molar-refractivity contribution in [2.75, 3.05) is 11.9 Å². The first-order chi connectivity index (χ1) is 9.51. The largest absolute Gasteiger partial charge is 0.326 e. The first-order valence-electron chi connectivity index (χ1n) is 7.37. The highest BCUT2D eigenvalue weighted by Crippen LogP contribution is 2.25. The molecule has 0 saturated carbocycles. The van der Waals surface area contributed by atoms with Gasteiger partial charge in [-0.15, -0.1) is 0 Å². The molecule has 1 aromatic carbocycles. The van der Waals surface area contributed by atoms with Gasteiger partial charge in [-0.2, -0.15) is 0 Å². The minimum atomic E-state index is -0.0934. The number of hydrogen-bond acceptors (Lipinski definition) is 3. The van der Waals surface area contributed by atoms with E-state index in [9.17, 15) is 4.79 Å². The lowest BCUT2D eigenvalue weighted by Gasteiger charge is -2.27. The molecule has 1 fully saturated rings. The number of carbonyl (C=O) groups is 1. The fraction of sp³-hybridized carbons (Fsp3) is 0.562. The predicted molar refractivity (Wildman–Crippen MR) is 82.4 cm³/mol. The van der Waals surface area contributed by atoms with Crippen LogP contribution in [0.15, 0.2) is 24.3 Å². The Morgan fingerprint density at radius 2 is 2.05 bits per heavy atom. The van der Waals surface area contributed by atoms with Crippen LogP contribution in [-0.4, -0.2) is 29.4 Å². The van der Waals surface area contributed by atoms with Crippen molar-refractivity contribution in [1.29, 1.82) is 0 Å². The van der Waals surface area contributed by atoms with Crippen molar-refractivity contribution >= 4 is 11.6 Å². The normalized spacial score (nSPS) is 24.6. The summed E-state index contributed by atoms with van der Waals surface area (Å²) in [6, 6.07) is 8.09. The minimum Gasteiger partial charge on any atom is -0.326 e. The van der Waals surface area contributed by atoms with Crippen LogP contribution in [0, 0.1) is 5.92 Å². The number of amides is 1. The van der Waals surface area contributed by atoms with E-state index in [4.69, 9.17) is 5.73 Å².